The molecular formula is C12H14O2S2. The van der Waals surface area contributed by atoms with Crippen LogP contribution in [0.25, 0.3) is 0 Å². The van der Waals surface area contributed by atoms with Crippen molar-refractivity contribution in [3.05, 3.63) is 35.4 Å². The smallest absolute Gasteiger partial charge is 0.220 e. The third kappa shape index (κ3) is 2.97. The molecule has 16 heavy (non-hydrogen) atoms. The van der Waals surface area contributed by atoms with E-state index in [4.69, 9.17) is 21.7 Å². The topological polar surface area (TPSA) is 18.5 Å². The lowest BCUT2D eigenvalue weighted by Crippen LogP contribution is -2.24. The maximum absolute atomic E-state index is 5.39. The molecule has 0 bridgehead atoms. The third-order valence-corrected chi connectivity index (χ3v) is 3.68. The Morgan fingerprint density at radius 1 is 1.44 bits per heavy atom. The Hall–Kier alpha value is -0.580. The molecule has 0 aliphatic carbocycles. The van der Waals surface area contributed by atoms with E-state index in [0.717, 1.165) is 18.8 Å². The maximum Gasteiger partial charge on any atom is 0.220 e. The fourth-order valence-electron chi connectivity index (χ4n) is 1.52. The molecule has 1 fully saturated rings. The van der Waals surface area contributed by atoms with Gasteiger partial charge >= 0.3 is 0 Å². The standard InChI is InChI=1S/C12H14O2S2/c1-16-12(15)14-6-9-2-4-10(5-3-9)11-7-13-8-11/h2-5,11H,6-8H2,1H3. The lowest BCUT2D eigenvalue weighted by atomic mass is 9.97. The highest BCUT2D eigenvalue weighted by atomic mass is 32.2. The molecule has 1 heterocycles. The van der Waals surface area contributed by atoms with Crippen LogP contribution in [0.15, 0.2) is 24.3 Å². The second-order valence-corrected chi connectivity index (χ2v) is 5.13. The van der Waals surface area contributed by atoms with Crippen LogP contribution in [-0.4, -0.2) is 23.9 Å². The molecule has 0 saturated carbocycles. The van der Waals surface area contributed by atoms with E-state index >= 15 is 0 Å². The quantitative estimate of drug-likeness (QED) is 0.772. The van der Waals surface area contributed by atoms with Gasteiger partial charge in [0.1, 0.15) is 6.61 Å². The molecule has 0 amide bonds. The molecule has 1 aliphatic rings. The van der Waals surface area contributed by atoms with Gasteiger partial charge in [-0.3, -0.25) is 0 Å². The lowest BCUT2D eigenvalue weighted by Gasteiger charge is -2.26. The number of thioether (sulfide) groups is 1. The number of thiocarbonyl (C=S) groups is 1. The van der Waals surface area contributed by atoms with Gasteiger partial charge in [-0.15, -0.1) is 0 Å². The summed E-state index contributed by atoms with van der Waals surface area (Å²) in [7, 11) is 0. The van der Waals surface area contributed by atoms with Crippen molar-refractivity contribution < 1.29 is 9.47 Å². The summed E-state index contributed by atoms with van der Waals surface area (Å²) >= 11 is 6.43. The number of benzene rings is 1. The Morgan fingerprint density at radius 2 is 2.12 bits per heavy atom. The van der Waals surface area contributed by atoms with Crippen molar-refractivity contribution in [1.82, 2.24) is 0 Å². The van der Waals surface area contributed by atoms with Crippen LogP contribution >= 0.6 is 24.0 Å². The Kier molecular flexibility index (Phi) is 4.21. The molecule has 1 aliphatic heterocycles. The van der Waals surface area contributed by atoms with E-state index in [1.165, 1.54) is 17.3 Å². The molecule has 0 unspecified atom stereocenters. The second-order valence-electron chi connectivity index (χ2n) is 3.72. The number of ether oxygens (including phenoxy) is 2. The van der Waals surface area contributed by atoms with Gasteiger partial charge in [-0.25, -0.2) is 0 Å². The van der Waals surface area contributed by atoms with Gasteiger partial charge in [-0.2, -0.15) is 0 Å². The van der Waals surface area contributed by atoms with Crippen LogP contribution in [0, 0.1) is 0 Å². The Labute approximate surface area is 105 Å². The van der Waals surface area contributed by atoms with Gasteiger partial charge in [0.25, 0.3) is 0 Å². The van der Waals surface area contributed by atoms with Crippen molar-refractivity contribution in [1.29, 1.82) is 0 Å². The van der Waals surface area contributed by atoms with Crippen LogP contribution in [-0.2, 0) is 16.1 Å². The van der Waals surface area contributed by atoms with Crippen molar-refractivity contribution in [3.8, 4) is 0 Å². The minimum Gasteiger partial charge on any atom is -0.474 e. The Balaban J connectivity index is 1.88. The highest BCUT2D eigenvalue weighted by molar-refractivity contribution is 8.22. The summed E-state index contributed by atoms with van der Waals surface area (Å²) in [6.07, 6.45) is 1.92. The highest BCUT2D eigenvalue weighted by Crippen LogP contribution is 2.24. The van der Waals surface area contributed by atoms with Crippen LogP contribution in [0.3, 0.4) is 0 Å². The average Bonchev–Trinajstić information content (AvgIpc) is 2.25. The molecule has 0 atom stereocenters. The first-order valence-corrected chi connectivity index (χ1v) is 6.80. The molecular weight excluding hydrogens is 240 g/mol. The second kappa shape index (κ2) is 5.66. The zero-order chi connectivity index (χ0) is 11.4. The monoisotopic (exact) mass is 254 g/mol. The molecule has 4 heteroatoms. The van der Waals surface area contributed by atoms with Crippen LogP contribution in [0.5, 0.6) is 0 Å². The first kappa shape index (κ1) is 11.9. The minimum atomic E-state index is 0.557. The Bertz CT molecular complexity index is 358. The van der Waals surface area contributed by atoms with E-state index in [1.54, 1.807) is 0 Å². The summed E-state index contributed by atoms with van der Waals surface area (Å²) in [6.45, 7) is 2.26. The van der Waals surface area contributed by atoms with E-state index in [1.807, 2.05) is 6.26 Å². The summed E-state index contributed by atoms with van der Waals surface area (Å²) < 4.78 is 11.2. The van der Waals surface area contributed by atoms with Gasteiger partial charge in [0, 0.05) is 5.92 Å². The van der Waals surface area contributed by atoms with Crippen LogP contribution < -0.4 is 0 Å². The molecule has 86 valence electrons. The summed E-state index contributed by atoms with van der Waals surface area (Å²) in [4.78, 5) is 0. The highest BCUT2D eigenvalue weighted by Gasteiger charge is 2.19. The number of hydrogen-bond donors (Lipinski definition) is 0. The molecule has 0 radical (unpaired) electrons. The van der Waals surface area contributed by atoms with Gasteiger partial charge in [-0.1, -0.05) is 36.0 Å². The molecule has 1 aromatic carbocycles. The van der Waals surface area contributed by atoms with E-state index in [-0.39, 0.29) is 0 Å². The van der Waals surface area contributed by atoms with E-state index in [2.05, 4.69) is 24.3 Å². The summed E-state index contributed by atoms with van der Waals surface area (Å²) in [5, 5.41) is 0. The van der Waals surface area contributed by atoms with E-state index < -0.39 is 0 Å². The van der Waals surface area contributed by atoms with Gasteiger partial charge in [0.2, 0.25) is 4.38 Å². The largest absolute Gasteiger partial charge is 0.474 e. The van der Waals surface area contributed by atoms with Crippen LogP contribution in [0.2, 0.25) is 0 Å². The predicted octanol–water partition coefficient (Wildman–Crippen LogP) is 2.96. The first-order valence-electron chi connectivity index (χ1n) is 5.17. The van der Waals surface area contributed by atoms with Crippen molar-refractivity contribution >= 4 is 28.4 Å². The summed E-state index contributed by atoms with van der Waals surface area (Å²) in [5.74, 6) is 0.585. The SMILES string of the molecule is CSC(=S)OCc1ccc(C2COC2)cc1. The van der Waals surface area contributed by atoms with Crippen LogP contribution in [0.1, 0.15) is 17.0 Å². The van der Waals surface area contributed by atoms with Crippen molar-refractivity contribution in [2.24, 2.45) is 0 Å². The molecule has 0 spiro atoms. The Morgan fingerprint density at radius 3 is 2.62 bits per heavy atom. The normalized spacial score (nSPS) is 15.6. The van der Waals surface area contributed by atoms with E-state index in [9.17, 15) is 0 Å². The molecule has 2 nitrogen and oxygen atoms in total. The lowest BCUT2D eigenvalue weighted by molar-refractivity contribution is 0.00841. The predicted molar refractivity (Wildman–Crippen MR) is 70.9 cm³/mol. The van der Waals surface area contributed by atoms with Crippen molar-refractivity contribution in [3.63, 3.8) is 0 Å². The van der Waals surface area contributed by atoms with Gasteiger partial charge < -0.3 is 9.47 Å². The average molecular weight is 254 g/mol. The van der Waals surface area contributed by atoms with E-state index in [0.29, 0.717) is 16.9 Å². The number of hydrogen-bond acceptors (Lipinski definition) is 4. The molecule has 0 N–H and O–H groups in total. The molecule has 2 rings (SSSR count). The molecule has 1 saturated heterocycles. The van der Waals surface area contributed by atoms with Crippen molar-refractivity contribution in [2.45, 2.75) is 12.5 Å². The van der Waals surface area contributed by atoms with Gasteiger partial charge in [0.05, 0.1) is 13.2 Å². The third-order valence-electron chi connectivity index (χ3n) is 2.61. The fraction of sp³-hybridized carbons (Fsp3) is 0.417. The molecule has 1 aromatic rings. The fourth-order valence-corrected chi connectivity index (χ4v) is 1.75. The van der Waals surface area contributed by atoms with Crippen molar-refractivity contribution in [2.75, 3.05) is 19.5 Å². The van der Waals surface area contributed by atoms with Crippen LogP contribution in [0.4, 0.5) is 0 Å². The first-order chi connectivity index (χ1) is 7.79. The van der Waals surface area contributed by atoms with Gasteiger partial charge in [0.15, 0.2) is 0 Å². The minimum absolute atomic E-state index is 0.557. The molecule has 0 aromatic heterocycles. The number of rotatable bonds is 3. The summed E-state index contributed by atoms with van der Waals surface area (Å²) in [6, 6.07) is 8.48. The zero-order valence-corrected chi connectivity index (χ0v) is 10.8. The summed E-state index contributed by atoms with van der Waals surface area (Å²) in [5.41, 5.74) is 2.50. The maximum atomic E-state index is 5.39. The zero-order valence-electron chi connectivity index (χ0n) is 9.14. The van der Waals surface area contributed by atoms with Gasteiger partial charge in [-0.05, 0) is 29.6 Å².